The van der Waals surface area contributed by atoms with Gasteiger partial charge in [0.1, 0.15) is 36.3 Å². The van der Waals surface area contributed by atoms with E-state index in [0.717, 1.165) is 0 Å². The number of imidazole rings is 2. The van der Waals surface area contributed by atoms with E-state index >= 15 is 4.39 Å². The molecule has 6 N–H and O–H groups in total. The molecule has 3 aliphatic rings. The fraction of sp³-hybridized carbons (Fsp3) is 0.524. The third kappa shape index (κ3) is 5.62. The average molecular weight is 722 g/mol. The molecule has 4 aromatic heterocycles. The lowest BCUT2D eigenvalue weighted by Crippen LogP contribution is -2.42. The Kier molecular flexibility index (Phi) is 8.16. The Morgan fingerprint density at radius 2 is 1.70 bits per heavy atom. The minimum absolute atomic E-state index is 0.0233. The molecule has 7 rings (SSSR count). The van der Waals surface area contributed by atoms with Crippen LogP contribution in [-0.2, 0) is 36.9 Å². The second kappa shape index (κ2) is 11.8. The van der Waals surface area contributed by atoms with Crippen LogP contribution in [0, 0.1) is 0 Å². The van der Waals surface area contributed by atoms with E-state index in [-0.39, 0.29) is 34.1 Å². The van der Waals surface area contributed by atoms with Gasteiger partial charge in [-0.05, 0) is 0 Å². The van der Waals surface area contributed by atoms with E-state index in [2.05, 4.69) is 59.5 Å². The number of aromatic amines is 1. The maximum atomic E-state index is 16.1. The quantitative estimate of drug-likeness (QED) is 0.126. The molecule has 0 amide bonds. The molecule has 4 aromatic rings. The van der Waals surface area contributed by atoms with Gasteiger partial charge in [-0.3, -0.25) is 32.5 Å². The number of nitrogens with zero attached hydrogens (tertiary/aromatic N) is 7. The van der Waals surface area contributed by atoms with Gasteiger partial charge in [-0.15, -0.1) is 0 Å². The summed E-state index contributed by atoms with van der Waals surface area (Å²) in [5.74, 6) is -0.123. The summed E-state index contributed by atoms with van der Waals surface area (Å²) in [4.78, 5) is 35.1. The second-order valence-electron chi connectivity index (χ2n) is 10.4. The molecule has 3 saturated heterocycles. The summed E-state index contributed by atoms with van der Waals surface area (Å²) in [5.41, 5.74) is 11.4. The zero-order valence-corrected chi connectivity index (χ0v) is 27.0. The Bertz CT molecular complexity index is 1970. The number of halogens is 1. The van der Waals surface area contributed by atoms with Crippen LogP contribution in [0.3, 0.4) is 0 Å². The van der Waals surface area contributed by atoms with Crippen molar-refractivity contribution >= 4 is 72.1 Å². The van der Waals surface area contributed by atoms with Crippen LogP contribution in [0.2, 0.25) is 0 Å². The first kappa shape index (κ1) is 31.9. The minimum atomic E-state index is -4.32. The molecule has 3 fully saturated rings. The number of H-pyrrole nitrogens is 1. The Morgan fingerprint density at radius 1 is 1.00 bits per heavy atom. The van der Waals surface area contributed by atoms with Crippen LogP contribution in [0.25, 0.3) is 22.3 Å². The maximum Gasteiger partial charge on any atom is 0.386 e. The first-order valence-corrected chi connectivity index (χ1v) is 18.9. The van der Waals surface area contributed by atoms with Crippen molar-refractivity contribution < 1.29 is 41.3 Å². The van der Waals surface area contributed by atoms with Crippen molar-refractivity contribution in [2.75, 3.05) is 31.8 Å². The highest BCUT2D eigenvalue weighted by atomic mass is 32.7. The summed E-state index contributed by atoms with van der Waals surface area (Å²) in [5, 5.41) is 2.59. The van der Waals surface area contributed by atoms with Crippen LogP contribution in [0.5, 0.6) is 0 Å². The number of nitrogens with two attached hydrogens (primary N) is 2. The number of anilines is 2. The lowest BCUT2D eigenvalue weighted by molar-refractivity contribution is -0.0501. The molecule has 46 heavy (non-hydrogen) atoms. The number of aromatic nitrogens is 8. The SMILES string of the molecule is COC1C2COP(=O)(S)NC3C(CO[P@](=O)(S)OC1C(n1cnc4c(=O)[nH]c(N)nc41)O2)OC(n1cnc2c(N)ncnc21)C3F. The summed E-state index contributed by atoms with van der Waals surface area (Å²) in [7, 11) is 1.33. The second-order valence-corrected chi connectivity index (χ2v) is 16.5. The highest BCUT2D eigenvalue weighted by Crippen LogP contribution is 2.58. The number of methoxy groups -OCH3 is 1. The Morgan fingerprint density at radius 3 is 2.46 bits per heavy atom. The largest absolute Gasteiger partial charge is 0.386 e. The fourth-order valence-corrected chi connectivity index (χ4v) is 8.80. The molecule has 0 spiro atoms. The van der Waals surface area contributed by atoms with Crippen LogP contribution in [0.1, 0.15) is 12.5 Å². The summed E-state index contributed by atoms with van der Waals surface area (Å²) in [6, 6.07) is -1.37. The summed E-state index contributed by atoms with van der Waals surface area (Å²) < 4.78 is 80.9. The van der Waals surface area contributed by atoms with E-state index in [1.807, 2.05) is 0 Å². The third-order valence-corrected chi connectivity index (χ3v) is 11.1. The lowest BCUT2D eigenvalue weighted by Gasteiger charge is -2.27. The van der Waals surface area contributed by atoms with Gasteiger partial charge >= 0.3 is 13.5 Å². The van der Waals surface area contributed by atoms with Gasteiger partial charge in [0.15, 0.2) is 41.3 Å². The third-order valence-electron chi connectivity index (χ3n) is 7.66. The van der Waals surface area contributed by atoms with Gasteiger partial charge in [-0.2, -0.15) is 4.98 Å². The normalized spacial score (nSPS) is 37.1. The van der Waals surface area contributed by atoms with Crippen LogP contribution in [-0.4, -0.2) is 96.0 Å². The van der Waals surface area contributed by atoms with Gasteiger partial charge in [0.05, 0.1) is 31.9 Å². The first-order chi connectivity index (χ1) is 21.9. The van der Waals surface area contributed by atoms with E-state index in [1.54, 1.807) is 0 Å². The standard InChI is InChI=1S/C21H26FN11O9P2S2/c1-37-13-8-3-38-43(35,45)31-10-7(40-19(9(10)22)32-5-27-11-15(23)25-4-26-16(11)32)2-39-44(36,46)42-14(13)20(41-8)33-6-28-12-17(33)29-21(24)30-18(12)34/h4-10,13-14,19-20H,2-3H2,1H3,(H,36,46)(H2,23,25,26)(H2,31,35,45)(H3,24,29,30,34)/t7?,8?,9?,10?,13?,14?,19?,20?,43?,44-/m0/s1. The van der Waals surface area contributed by atoms with E-state index in [4.69, 9.17) is 39.2 Å². The predicted molar refractivity (Wildman–Crippen MR) is 163 cm³/mol. The van der Waals surface area contributed by atoms with Crippen molar-refractivity contribution in [3.8, 4) is 0 Å². The smallest absolute Gasteiger partial charge is 0.382 e. The molecule has 10 atom stereocenters. The molecule has 9 unspecified atom stereocenters. The maximum absolute atomic E-state index is 16.1. The monoisotopic (exact) mass is 721 g/mol. The van der Waals surface area contributed by atoms with Crippen molar-refractivity contribution in [2.24, 2.45) is 0 Å². The van der Waals surface area contributed by atoms with Gasteiger partial charge < -0.3 is 30.2 Å². The first-order valence-electron chi connectivity index (χ1n) is 13.4. The number of nitrogens with one attached hydrogen (secondary N) is 2. The molecule has 2 bridgehead atoms. The van der Waals surface area contributed by atoms with Crippen LogP contribution in [0.15, 0.2) is 23.8 Å². The fourth-order valence-electron chi connectivity index (χ4n) is 5.64. The average Bonchev–Trinajstić information content (AvgIpc) is 3.75. The van der Waals surface area contributed by atoms with Crippen molar-refractivity contribution in [2.45, 2.75) is 49.1 Å². The molecule has 248 valence electrons. The molecule has 3 aliphatic heterocycles. The number of nitrogen functional groups attached to an aromatic ring is 2. The topological polar surface area (TPSA) is 261 Å². The number of hydrogen-bond donors (Lipinski definition) is 6. The molecule has 0 saturated carbocycles. The van der Waals surface area contributed by atoms with Crippen molar-refractivity contribution in [1.82, 2.24) is 44.1 Å². The molecule has 0 aliphatic carbocycles. The molecular weight excluding hydrogens is 695 g/mol. The number of alkyl halides is 1. The van der Waals surface area contributed by atoms with E-state index in [0.29, 0.717) is 0 Å². The zero-order chi connectivity index (χ0) is 32.5. The molecule has 25 heteroatoms. The van der Waals surface area contributed by atoms with Crippen molar-refractivity contribution in [3.05, 3.63) is 29.3 Å². The van der Waals surface area contributed by atoms with E-state index in [1.165, 1.54) is 35.2 Å². The van der Waals surface area contributed by atoms with Crippen LogP contribution < -0.4 is 22.1 Å². The van der Waals surface area contributed by atoms with Crippen molar-refractivity contribution in [1.29, 1.82) is 0 Å². The van der Waals surface area contributed by atoms with Gasteiger partial charge in [0, 0.05) is 7.11 Å². The molecule has 20 nitrogen and oxygen atoms in total. The minimum Gasteiger partial charge on any atom is -0.382 e. The number of ether oxygens (including phenoxy) is 3. The van der Waals surface area contributed by atoms with Crippen molar-refractivity contribution in [3.63, 3.8) is 0 Å². The lowest BCUT2D eigenvalue weighted by atomic mass is 10.1. The zero-order valence-electron chi connectivity index (χ0n) is 23.4. The van der Waals surface area contributed by atoms with E-state index in [9.17, 15) is 13.9 Å². The molecule has 7 heterocycles. The molecular formula is C21H26FN11O9P2S2. The van der Waals surface area contributed by atoms with Gasteiger partial charge in [0.2, 0.25) is 5.95 Å². The molecule has 0 radical (unpaired) electrons. The highest BCUT2D eigenvalue weighted by molar-refractivity contribution is 8.45. The predicted octanol–water partition coefficient (Wildman–Crippen LogP) is 0.738. The Labute approximate surface area is 267 Å². The number of fused-ring (bicyclic) bond motifs is 5. The highest BCUT2D eigenvalue weighted by Gasteiger charge is 2.53. The Balaban J connectivity index is 1.22. The number of hydrogen-bond acceptors (Lipinski definition) is 16. The number of thiol groups is 2. The molecule has 0 aromatic carbocycles. The number of rotatable bonds is 3. The van der Waals surface area contributed by atoms with Gasteiger partial charge in [-0.25, -0.2) is 34.0 Å². The summed E-state index contributed by atoms with van der Waals surface area (Å²) in [6.45, 7) is -9.42. The van der Waals surface area contributed by atoms with Gasteiger partial charge in [0.25, 0.3) is 5.56 Å². The summed E-state index contributed by atoms with van der Waals surface area (Å²) >= 11 is 8.33. The summed E-state index contributed by atoms with van der Waals surface area (Å²) in [6.07, 6.45) is -5.32. The van der Waals surface area contributed by atoms with E-state index < -0.39 is 81.4 Å². The van der Waals surface area contributed by atoms with Crippen LogP contribution in [0.4, 0.5) is 16.2 Å². The Hall–Kier alpha value is -2.69. The van der Waals surface area contributed by atoms with Gasteiger partial charge in [-0.1, -0.05) is 24.5 Å². The van der Waals surface area contributed by atoms with Crippen LogP contribution >= 0.6 is 38.0 Å².